The van der Waals surface area contributed by atoms with Crippen LogP contribution in [0.3, 0.4) is 0 Å². The summed E-state index contributed by atoms with van der Waals surface area (Å²) in [6.07, 6.45) is 0. The lowest BCUT2D eigenvalue weighted by atomic mass is 10.1. The van der Waals surface area contributed by atoms with Gasteiger partial charge in [-0.2, -0.15) is 0 Å². The number of benzene rings is 1. The molecule has 82 valence electrons. The van der Waals surface area contributed by atoms with Crippen molar-refractivity contribution in [3.8, 4) is 5.75 Å². The van der Waals surface area contributed by atoms with Crippen molar-refractivity contribution in [3.05, 3.63) is 29.8 Å². The van der Waals surface area contributed by atoms with Gasteiger partial charge < -0.3 is 14.8 Å². The topological polar surface area (TPSA) is 30.5 Å². The van der Waals surface area contributed by atoms with Crippen LogP contribution in [0.4, 0.5) is 0 Å². The summed E-state index contributed by atoms with van der Waals surface area (Å²) in [5.41, 5.74) is 1.24. The maximum Gasteiger partial charge on any atom is 0.119 e. The number of hydrogen-bond acceptors (Lipinski definition) is 3. The van der Waals surface area contributed by atoms with Crippen molar-refractivity contribution < 1.29 is 9.47 Å². The van der Waals surface area contributed by atoms with Crippen LogP contribution in [0.15, 0.2) is 24.3 Å². The third kappa shape index (κ3) is 2.70. The molecule has 3 heteroatoms. The molecule has 3 nitrogen and oxygen atoms in total. The van der Waals surface area contributed by atoms with Crippen LogP contribution in [-0.4, -0.2) is 26.4 Å². The largest absolute Gasteiger partial charge is 0.494 e. The average Bonchev–Trinajstić information content (AvgIpc) is 2.31. The second-order valence-electron chi connectivity index (χ2n) is 3.59. The van der Waals surface area contributed by atoms with E-state index in [9.17, 15) is 0 Å². The monoisotopic (exact) mass is 207 g/mol. The van der Waals surface area contributed by atoms with Crippen LogP contribution in [-0.2, 0) is 4.74 Å². The summed E-state index contributed by atoms with van der Waals surface area (Å²) in [7, 11) is 0. The average molecular weight is 207 g/mol. The highest BCUT2D eigenvalue weighted by Crippen LogP contribution is 2.20. The Balaban J connectivity index is 2.09. The van der Waals surface area contributed by atoms with Crippen molar-refractivity contribution in [1.82, 2.24) is 5.32 Å². The highest BCUT2D eigenvalue weighted by Gasteiger charge is 2.15. The summed E-state index contributed by atoms with van der Waals surface area (Å²) in [5.74, 6) is 0.933. The lowest BCUT2D eigenvalue weighted by molar-refractivity contribution is 0.0768. The number of nitrogens with one attached hydrogen (secondary N) is 1. The van der Waals surface area contributed by atoms with Crippen molar-refractivity contribution >= 4 is 0 Å². The molecule has 0 amide bonds. The van der Waals surface area contributed by atoms with Gasteiger partial charge in [-0.05, 0) is 24.6 Å². The molecule has 0 saturated carbocycles. The maximum absolute atomic E-state index is 5.47. The number of morpholine rings is 1. The molecular weight excluding hydrogens is 190 g/mol. The molecule has 2 rings (SSSR count). The van der Waals surface area contributed by atoms with Gasteiger partial charge in [-0.3, -0.25) is 0 Å². The van der Waals surface area contributed by atoms with Crippen LogP contribution < -0.4 is 10.1 Å². The number of hydrogen-bond donors (Lipinski definition) is 1. The van der Waals surface area contributed by atoms with Crippen LogP contribution >= 0.6 is 0 Å². The fourth-order valence-electron chi connectivity index (χ4n) is 1.77. The van der Waals surface area contributed by atoms with Crippen molar-refractivity contribution in [1.29, 1.82) is 0 Å². The van der Waals surface area contributed by atoms with Crippen molar-refractivity contribution in [2.75, 3.05) is 26.4 Å². The second-order valence-corrected chi connectivity index (χ2v) is 3.59. The first-order valence-electron chi connectivity index (χ1n) is 5.44. The lowest BCUT2D eigenvalue weighted by Gasteiger charge is -2.24. The lowest BCUT2D eigenvalue weighted by Crippen LogP contribution is -2.34. The molecule has 1 heterocycles. The second kappa shape index (κ2) is 5.14. The summed E-state index contributed by atoms with van der Waals surface area (Å²) < 4.78 is 10.9. The first-order valence-corrected chi connectivity index (χ1v) is 5.44. The Morgan fingerprint density at radius 1 is 1.53 bits per heavy atom. The molecule has 0 bridgehead atoms. The molecule has 0 aliphatic carbocycles. The summed E-state index contributed by atoms with van der Waals surface area (Å²) in [6.45, 7) is 5.17. The molecule has 1 fully saturated rings. The molecule has 1 aliphatic heterocycles. The molecule has 1 saturated heterocycles. The summed E-state index contributed by atoms with van der Waals surface area (Å²) in [6, 6.07) is 8.50. The third-order valence-corrected chi connectivity index (χ3v) is 2.49. The zero-order valence-corrected chi connectivity index (χ0v) is 9.03. The van der Waals surface area contributed by atoms with Gasteiger partial charge in [-0.15, -0.1) is 0 Å². The first kappa shape index (κ1) is 10.5. The van der Waals surface area contributed by atoms with E-state index >= 15 is 0 Å². The maximum atomic E-state index is 5.47. The van der Waals surface area contributed by atoms with E-state index in [1.54, 1.807) is 0 Å². The van der Waals surface area contributed by atoms with E-state index in [1.807, 2.05) is 19.1 Å². The van der Waals surface area contributed by atoms with E-state index < -0.39 is 0 Å². The quantitative estimate of drug-likeness (QED) is 0.819. The van der Waals surface area contributed by atoms with Gasteiger partial charge in [-0.25, -0.2) is 0 Å². The number of ether oxygens (including phenoxy) is 2. The van der Waals surface area contributed by atoms with Crippen molar-refractivity contribution in [3.63, 3.8) is 0 Å². The Labute approximate surface area is 90.4 Å². The smallest absolute Gasteiger partial charge is 0.119 e. The van der Waals surface area contributed by atoms with E-state index in [2.05, 4.69) is 17.4 Å². The molecule has 1 aromatic carbocycles. The van der Waals surface area contributed by atoms with Crippen LogP contribution in [0.1, 0.15) is 18.5 Å². The minimum Gasteiger partial charge on any atom is -0.494 e. The van der Waals surface area contributed by atoms with Gasteiger partial charge in [0.15, 0.2) is 0 Å². The highest BCUT2D eigenvalue weighted by atomic mass is 16.5. The van der Waals surface area contributed by atoms with Crippen LogP contribution in [0.25, 0.3) is 0 Å². The SMILES string of the molecule is CCOc1cccc([C@H]2COCCN2)c1. The Morgan fingerprint density at radius 3 is 3.20 bits per heavy atom. The first-order chi connectivity index (χ1) is 7.40. The zero-order chi connectivity index (χ0) is 10.5. The van der Waals surface area contributed by atoms with Crippen LogP contribution in [0.2, 0.25) is 0 Å². The highest BCUT2D eigenvalue weighted by molar-refractivity contribution is 5.30. The fraction of sp³-hybridized carbons (Fsp3) is 0.500. The van der Waals surface area contributed by atoms with Gasteiger partial charge >= 0.3 is 0 Å². The normalized spacial score (nSPS) is 21.3. The predicted molar refractivity (Wildman–Crippen MR) is 59.2 cm³/mol. The van der Waals surface area contributed by atoms with E-state index in [1.165, 1.54) is 5.56 Å². The Morgan fingerprint density at radius 2 is 2.47 bits per heavy atom. The van der Waals surface area contributed by atoms with Crippen LogP contribution in [0, 0.1) is 0 Å². The van der Waals surface area contributed by atoms with Gasteiger partial charge in [0.1, 0.15) is 5.75 Å². The van der Waals surface area contributed by atoms with Gasteiger partial charge in [0.2, 0.25) is 0 Å². The third-order valence-electron chi connectivity index (χ3n) is 2.49. The zero-order valence-electron chi connectivity index (χ0n) is 9.03. The molecule has 1 atom stereocenters. The van der Waals surface area contributed by atoms with E-state index in [0.29, 0.717) is 12.6 Å². The van der Waals surface area contributed by atoms with E-state index in [-0.39, 0.29) is 0 Å². The molecule has 0 spiro atoms. The molecule has 1 N–H and O–H groups in total. The Bertz CT molecular complexity index is 308. The van der Waals surface area contributed by atoms with Crippen molar-refractivity contribution in [2.24, 2.45) is 0 Å². The molecule has 0 aromatic heterocycles. The van der Waals surface area contributed by atoms with Gasteiger partial charge in [-0.1, -0.05) is 12.1 Å². The van der Waals surface area contributed by atoms with Crippen molar-refractivity contribution in [2.45, 2.75) is 13.0 Å². The van der Waals surface area contributed by atoms with Gasteiger partial charge in [0.05, 0.1) is 25.9 Å². The Hall–Kier alpha value is -1.06. The van der Waals surface area contributed by atoms with Gasteiger partial charge in [0.25, 0.3) is 0 Å². The van der Waals surface area contributed by atoms with Crippen LogP contribution in [0.5, 0.6) is 5.75 Å². The molecular formula is C12H17NO2. The van der Waals surface area contributed by atoms with E-state index in [0.717, 1.165) is 25.5 Å². The van der Waals surface area contributed by atoms with E-state index in [4.69, 9.17) is 9.47 Å². The standard InChI is InChI=1S/C12H17NO2/c1-2-15-11-5-3-4-10(8-11)12-9-14-7-6-13-12/h3-5,8,12-13H,2,6-7,9H2,1H3/t12-/m1/s1. The predicted octanol–water partition coefficient (Wildman–Crippen LogP) is 1.75. The van der Waals surface area contributed by atoms with Gasteiger partial charge in [0, 0.05) is 6.54 Å². The molecule has 1 aromatic rings. The minimum atomic E-state index is 0.305. The summed E-state index contributed by atoms with van der Waals surface area (Å²) in [4.78, 5) is 0. The molecule has 15 heavy (non-hydrogen) atoms. The summed E-state index contributed by atoms with van der Waals surface area (Å²) >= 11 is 0. The number of rotatable bonds is 3. The Kier molecular flexibility index (Phi) is 3.59. The molecule has 1 aliphatic rings. The fourth-order valence-corrected chi connectivity index (χ4v) is 1.77. The minimum absolute atomic E-state index is 0.305. The molecule has 0 radical (unpaired) electrons. The molecule has 0 unspecified atom stereocenters. The summed E-state index contributed by atoms with van der Waals surface area (Å²) in [5, 5.41) is 3.42.